The molecule has 0 amide bonds. The molecule has 1 saturated heterocycles. The molecule has 1 aliphatic carbocycles. The molecule has 0 aromatic rings. The molecule has 0 bridgehead atoms. The largest absolute Gasteiger partial charge is 0.311 e. The molecule has 2 unspecified atom stereocenters. The first-order valence-electron chi connectivity index (χ1n) is 7.61. The molecule has 0 spiro atoms. The molecule has 1 N–H and O–H groups in total. The summed E-state index contributed by atoms with van der Waals surface area (Å²) >= 11 is 0. The van der Waals surface area contributed by atoms with E-state index in [1.165, 1.54) is 51.6 Å². The Labute approximate surface area is 107 Å². The van der Waals surface area contributed by atoms with Crippen molar-refractivity contribution in [2.24, 2.45) is 11.8 Å². The first-order chi connectivity index (χ1) is 8.16. The summed E-state index contributed by atoms with van der Waals surface area (Å²) in [6.45, 7) is 7.38. The van der Waals surface area contributed by atoms with E-state index in [2.05, 4.69) is 31.1 Å². The molecule has 3 atom stereocenters. The molecule has 2 heteroatoms. The van der Waals surface area contributed by atoms with Crippen LogP contribution in [0.1, 0.15) is 52.4 Å². The van der Waals surface area contributed by atoms with Crippen molar-refractivity contribution < 1.29 is 0 Å². The van der Waals surface area contributed by atoms with Crippen LogP contribution >= 0.6 is 0 Å². The van der Waals surface area contributed by atoms with Gasteiger partial charge in [-0.25, -0.2) is 0 Å². The Morgan fingerprint density at radius 1 is 0.941 bits per heavy atom. The van der Waals surface area contributed by atoms with Crippen molar-refractivity contribution in [2.75, 3.05) is 20.1 Å². The van der Waals surface area contributed by atoms with Gasteiger partial charge in [-0.05, 0) is 65.0 Å². The van der Waals surface area contributed by atoms with Crippen LogP contribution in [0.3, 0.4) is 0 Å². The van der Waals surface area contributed by atoms with Gasteiger partial charge in [0.1, 0.15) is 0 Å². The zero-order valence-corrected chi connectivity index (χ0v) is 11.9. The number of piperidine rings is 1. The van der Waals surface area contributed by atoms with E-state index in [-0.39, 0.29) is 0 Å². The third kappa shape index (κ3) is 3.69. The van der Waals surface area contributed by atoms with Crippen LogP contribution < -0.4 is 5.32 Å². The number of hydrogen-bond acceptors (Lipinski definition) is 2. The lowest BCUT2D eigenvalue weighted by Crippen LogP contribution is -2.47. The fourth-order valence-electron chi connectivity index (χ4n) is 3.76. The van der Waals surface area contributed by atoms with E-state index >= 15 is 0 Å². The fourth-order valence-corrected chi connectivity index (χ4v) is 3.76. The van der Waals surface area contributed by atoms with Crippen molar-refractivity contribution in [3.63, 3.8) is 0 Å². The second-order valence-electron chi connectivity index (χ2n) is 6.45. The molecule has 0 aromatic heterocycles. The summed E-state index contributed by atoms with van der Waals surface area (Å²) < 4.78 is 0. The zero-order chi connectivity index (χ0) is 12.3. The molecule has 100 valence electrons. The van der Waals surface area contributed by atoms with Crippen LogP contribution in [0.2, 0.25) is 0 Å². The highest BCUT2D eigenvalue weighted by atomic mass is 15.1. The van der Waals surface area contributed by atoms with Gasteiger partial charge in [-0.15, -0.1) is 0 Å². The maximum atomic E-state index is 3.89. The Bertz CT molecular complexity index is 223. The van der Waals surface area contributed by atoms with Crippen LogP contribution in [0.25, 0.3) is 0 Å². The molecule has 1 aliphatic heterocycles. The molecule has 2 nitrogen and oxygen atoms in total. The van der Waals surface area contributed by atoms with Crippen molar-refractivity contribution in [1.82, 2.24) is 10.2 Å². The van der Waals surface area contributed by atoms with Crippen LogP contribution in [0.15, 0.2) is 0 Å². The first kappa shape index (κ1) is 13.4. The summed E-state index contributed by atoms with van der Waals surface area (Å²) in [7, 11) is 2.26. The second kappa shape index (κ2) is 6.19. The van der Waals surface area contributed by atoms with Crippen molar-refractivity contribution in [3.05, 3.63) is 0 Å². The lowest BCUT2D eigenvalue weighted by Gasteiger charge is -2.36. The standard InChI is InChI=1S/C15H30N2/c1-12(14-7-4-5-8-14)16-13(2)15-9-6-10-17(3)11-15/h12-16H,4-11H2,1-3H3/t12-,13?,15?/m0/s1. The molecule has 1 heterocycles. The van der Waals surface area contributed by atoms with Crippen LogP contribution in [-0.2, 0) is 0 Å². The summed E-state index contributed by atoms with van der Waals surface area (Å²) in [4.78, 5) is 2.49. The van der Waals surface area contributed by atoms with Gasteiger partial charge in [-0.3, -0.25) is 0 Å². The third-order valence-corrected chi connectivity index (χ3v) is 5.00. The van der Waals surface area contributed by atoms with Gasteiger partial charge in [-0.1, -0.05) is 12.8 Å². The molecule has 1 saturated carbocycles. The van der Waals surface area contributed by atoms with Gasteiger partial charge < -0.3 is 10.2 Å². The van der Waals surface area contributed by atoms with Gasteiger partial charge in [0.05, 0.1) is 0 Å². The highest BCUT2D eigenvalue weighted by molar-refractivity contribution is 4.84. The van der Waals surface area contributed by atoms with Gasteiger partial charge in [0.25, 0.3) is 0 Å². The molecular weight excluding hydrogens is 208 g/mol. The lowest BCUT2D eigenvalue weighted by molar-refractivity contribution is 0.167. The van der Waals surface area contributed by atoms with E-state index in [0.29, 0.717) is 6.04 Å². The number of nitrogens with one attached hydrogen (secondary N) is 1. The fraction of sp³-hybridized carbons (Fsp3) is 1.00. The maximum absolute atomic E-state index is 3.89. The average molecular weight is 238 g/mol. The highest BCUT2D eigenvalue weighted by Crippen LogP contribution is 2.28. The van der Waals surface area contributed by atoms with E-state index in [0.717, 1.165) is 17.9 Å². The van der Waals surface area contributed by atoms with Gasteiger partial charge in [-0.2, -0.15) is 0 Å². The van der Waals surface area contributed by atoms with E-state index in [1.807, 2.05) is 0 Å². The predicted molar refractivity (Wildman–Crippen MR) is 74.2 cm³/mol. The third-order valence-electron chi connectivity index (χ3n) is 5.00. The summed E-state index contributed by atoms with van der Waals surface area (Å²) in [6, 6.07) is 1.41. The maximum Gasteiger partial charge on any atom is 0.00818 e. The minimum atomic E-state index is 0.688. The average Bonchev–Trinajstić information content (AvgIpc) is 2.82. The highest BCUT2D eigenvalue weighted by Gasteiger charge is 2.27. The van der Waals surface area contributed by atoms with Crippen LogP contribution in [0.4, 0.5) is 0 Å². The molecular formula is C15H30N2. The van der Waals surface area contributed by atoms with Gasteiger partial charge in [0, 0.05) is 18.6 Å². The van der Waals surface area contributed by atoms with E-state index < -0.39 is 0 Å². The van der Waals surface area contributed by atoms with Crippen molar-refractivity contribution in [2.45, 2.75) is 64.5 Å². The molecule has 2 aliphatic rings. The topological polar surface area (TPSA) is 15.3 Å². The number of nitrogens with zero attached hydrogens (tertiary/aromatic N) is 1. The molecule has 17 heavy (non-hydrogen) atoms. The van der Waals surface area contributed by atoms with E-state index in [1.54, 1.807) is 0 Å². The van der Waals surface area contributed by atoms with Crippen LogP contribution in [0.5, 0.6) is 0 Å². The Kier molecular flexibility index (Phi) is 4.87. The van der Waals surface area contributed by atoms with Gasteiger partial charge in [0.2, 0.25) is 0 Å². The van der Waals surface area contributed by atoms with Gasteiger partial charge in [0.15, 0.2) is 0 Å². The quantitative estimate of drug-likeness (QED) is 0.810. The Morgan fingerprint density at radius 3 is 2.18 bits per heavy atom. The summed E-state index contributed by atoms with van der Waals surface area (Å²) in [5.41, 5.74) is 0. The summed E-state index contributed by atoms with van der Waals surface area (Å²) in [6.07, 6.45) is 8.60. The first-order valence-corrected chi connectivity index (χ1v) is 7.61. The Morgan fingerprint density at radius 2 is 1.53 bits per heavy atom. The SMILES string of the molecule is CC(N[C@@H](C)C1CCCC1)C1CCCN(C)C1. The summed E-state index contributed by atoms with van der Waals surface area (Å²) in [5, 5.41) is 3.89. The van der Waals surface area contributed by atoms with Crippen LogP contribution in [0, 0.1) is 11.8 Å². The lowest BCUT2D eigenvalue weighted by atomic mass is 9.90. The zero-order valence-electron chi connectivity index (χ0n) is 11.9. The number of hydrogen-bond donors (Lipinski definition) is 1. The molecule has 2 fully saturated rings. The number of likely N-dealkylation sites (tertiary alicyclic amines) is 1. The Balaban J connectivity index is 1.76. The van der Waals surface area contributed by atoms with Gasteiger partial charge >= 0.3 is 0 Å². The van der Waals surface area contributed by atoms with E-state index in [9.17, 15) is 0 Å². The minimum absolute atomic E-state index is 0.688. The predicted octanol–water partition coefficient (Wildman–Crippen LogP) is 2.89. The number of rotatable bonds is 4. The van der Waals surface area contributed by atoms with Crippen molar-refractivity contribution in [3.8, 4) is 0 Å². The van der Waals surface area contributed by atoms with E-state index in [4.69, 9.17) is 0 Å². The smallest absolute Gasteiger partial charge is 0.00818 e. The second-order valence-corrected chi connectivity index (χ2v) is 6.45. The van der Waals surface area contributed by atoms with Crippen molar-refractivity contribution >= 4 is 0 Å². The monoisotopic (exact) mass is 238 g/mol. The molecule has 0 radical (unpaired) electrons. The minimum Gasteiger partial charge on any atom is -0.311 e. The Hall–Kier alpha value is -0.0800. The van der Waals surface area contributed by atoms with Crippen LogP contribution in [-0.4, -0.2) is 37.1 Å². The molecule has 2 rings (SSSR count). The summed E-state index contributed by atoms with van der Waals surface area (Å²) in [5.74, 6) is 1.80. The van der Waals surface area contributed by atoms with Crippen molar-refractivity contribution in [1.29, 1.82) is 0 Å². The normalized spacial score (nSPS) is 31.6. The molecule has 0 aromatic carbocycles.